The van der Waals surface area contributed by atoms with Gasteiger partial charge in [0.05, 0.1) is 0 Å². The predicted molar refractivity (Wildman–Crippen MR) is 63.3 cm³/mol. The first-order valence-corrected chi connectivity index (χ1v) is 5.70. The minimum Gasteiger partial charge on any atom is -0.477 e. The maximum absolute atomic E-state index is 11.9. The number of anilines is 1. The summed E-state index contributed by atoms with van der Waals surface area (Å²) in [6.45, 7) is 2.53. The molecule has 1 fully saturated rings. The smallest absolute Gasteiger partial charge is 0.354 e. The van der Waals surface area contributed by atoms with Gasteiger partial charge in [0.1, 0.15) is 11.8 Å². The van der Waals surface area contributed by atoms with E-state index in [0.29, 0.717) is 12.3 Å². The standard InChI is InChI=1S/C12H14N2O4/c1-7-3-5-18-10(7)11(15)14-8-2-4-13-9(6-8)12(16)17/h2,4,6-7,10H,3,5H2,1H3,(H,16,17)(H,13,14,15). The number of rotatable bonds is 3. The number of aromatic carboxylic acids is 1. The second kappa shape index (κ2) is 5.14. The van der Waals surface area contributed by atoms with Crippen LogP contribution >= 0.6 is 0 Å². The Morgan fingerprint density at radius 1 is 1.56 bits per heavy atom. The van der Waals surface area contributed by atoms with Crippen LogP contribution in [0.4, 0.5) is 5.69 Å². The maximum atomic E-state index is 11.9. The molecule has 0 aromatic carbocycles. The van der Waals surface area contributed by atoms with E-state index in [4.69, 9.17) is 9.84 Å². The molecule has 2 unspecified atom stereocenters. The fourth-order valence-electron chi connectivity index (χ4n) is 1.87. The van der Waals surface area contributed by atoms with E-state index in [9.17, 15) is 9.59 Å². The van der Waals surface area contributed by atoms with Crippen LogP contribution in [0.5, 0.6) is 0 Å². The van der Waals surface area contributed by atoms with E-state index in [1.54, 1.807) is 6.07 Å². The molecule has 1 aliphatic heterocycles. The number of ether oxygens (including phenoxy) is 1. The van der Waals surface area contributed by atoms with Gasteiger partial charge in [-0.05, 0) is 24.5 Å². The third-order valence-electron chi connectivity index (χ3n) is 2.89. The molecule has 6 heteroatoms. The number of carbonyl (C=O) groups is 2. The normalized spacial score (nSPS) is 22.7. The van der Waals surface area contributed by atoms with Gasteiger partial charge in [0.2, 0.25) is 0 Å². The van der Waals surface area contributed by atoms with Crippen molar-refractivity contribution < 1.29 is 19.4 Å². The Balaban J connectivity index is 2.07. The van der Waals surface area contributed by atoms with E-state index in [1.807, 2.05) is 6.92 Å². The monoisotopic (exact) mass is 250 g/mol. The zero-order chi connectivity index (χ0) is 13.1. The lowest BCUT2D eigenvalue weighted by molar-refractivity contribution is -0.126. The molecule has 1 aromatic rings. The number of aromatic nitrogens is 1. The van der Waals surface area contributed by atoms with Gasteiger partial charge in [0, 0.05) is 18.5 Å². The largest absolute Gasteiger partial charge is 0.477 e. The van der Waals surface area contributed by atoms with E-state index in [1.165, 1.54) is 12.3 Å². The van der Waals surface area contributed by atoms with Crippen molar-refractivity contribution >= 4 is 17.6 Å². The summed E-state index contributed by atoms with van der Waals surface area (Å²) in [4.78, 5) is 26.3. The number of nitrogens with zero attached hydrogens (tertiary/aromatic N) is 1. The van der Waals surface area contributed by atoms with Gasteiger partial charge in [-0.3, -0.25) is 4.79 Å². The Morgan fingerprint density at radius 2 is 2.33 bits per heavy atom. The third-order valence-corrected chi connectivity index (χ3v) is 2.89. The third kappa shape index (κ3) is 2.65. The van der Waals surface area contributed by atoms with Gasteiger partial charge in [-0.15, -0.1) is 0 Å². The van der Waals surface area contributed by atoms with Crippen molar-refractivity contribution in [2.75, 3.05) is 11.9 Å². The molecule has 2 heterocycles. The van der Waals surface area contributed by atoms with Crippen LogP contribution in [-0.2, 0) is 9.53 Å². The molecule has 1 saturated heterocycles. The first kappa shape index (κ1) is 12.5. The van der Waals surface area contributed by atoms with Gasteiger partial charge in [-0.1, -0.05) is 6.92 Å². The molecule has 1 amide bonds. The van der Waals surface area contributed by atoms with E-state index < -0.39 is 12.1 Å². The molecule has 18 heavy (non-hydrogen) atoms. The highest BCUT2D eigenvalue weighted by Crippen LogP contribution is 2.21. The molecule has 2 N–H and O–H groups in total. The van der Waals surface area contributed by atoms with Crippen molar-refractivity contribution in [2.24, 2.45) is 5.92 Å². The van der Waals surface area contributed by atoms with Gasteiger partial charge in [0.25, 0.3) is 5.91 Å². The van der Waals surface area contributed by atoms with E-state index in [2.05, 4.69) is 10.3 Å². The molecule has 6 nitrogen and oxygen atoms in total. The summed E-state index contributed by atoms with van der Waals surface area (Å²) in [5.74, 6) is -1.20. The highest BCUT2D eigenvalue weighted by Gasteiger charge is 2.30. The number of carbonyl (C=O) groups excluding carboxylic acids is 1. The molecular weight excluding hydrogens is 236 g/mol. The molecular formula is C12H14N2O4. The fourth-order valence-corrected chi connectivity index (χ4v) is 1.87. The van der Waals surface area contributed by atoms with Gasteiger partial charge in [-0.25, -0.2) is 9.78 Å². The van der Waals surface area contributed by atoms with Crippen molar-refractivity contribution in [1.82, 2.24) is 4.98 Å². The van der Waals surface area contributed by atoms with Crippen LogP contribution in [0.3, 0.4) is 0 Å². The highest BCUT2D eigenvalue weighted by molar-refractivity contribution is 5.95. The number of nitrogens with one attached hydrogen (secondary N) is 1. The second-order valence-corrected chi connectivity index (χ2v) is 4.28. The van der Waals surface area contributed by atoms with Crippen LogP contribution in [0.25, 0.3) is 0 Å². The number of pyridine rings is 1. The number of hydrogen-bond donors (Lipinski definition) is 2. The molecule has 0 spiro atoms. The van der Waals surface area contributed by atoms with Gasteiger partial charge < -0.3 is 15.2 Å². The summed E-state index contributed by atoms with van der Waals surface area (Å²) < 4.78 is 5.33. The highest BCUT2D eigenvalue weighted by atomic mass is 16.5. The topological polar surface area (TPSA) is 88.5 Å². The van der Waals surface area contributed by atoms with Crippen LogP contribution in [0.1, 0.15) is 23.8 Å². The average Bonchev–Trinajstić information content (AvgIpc) is 2.76. The molecule has 1 aliphatic rings. The molecule has 0 bridgehead atoms. The van der Waals surface area contributed by atoms with E-state index in [0.717, 1.165) is 6.42 Å². The summed E-state index contributed by atoms with van der Waals surface area (Å²) in [6.07, 6.45) is 1.73. The zero-order valence-corrected chi connectivity index (χ0v) is 9.92. The first-order valence-electron chi connectivity index (χ1n) is 5.70. The van der Waals surface area contributed by atoms with Crippen LogP contribution in [0.2, 0.25) is 0 Å². The predicted octanol–water partition coefficient (Wildman–Crippen LogP) is 1.14. The minimum atomic E-state index is -1.13. The minimum absolute atomic E-state index is 0.104. The summed E-state index contributed by atoms with van der Waals surface area (Å²) in [6, 6.07) is 2.86. The molecule has 0 aliphatic carbocycles. The van der Waals surface area contributed by atoms with Gasteiger partial charge in [0.15, 0.2) is 0 Å². The Kier molecular flexibility index (Phi) is 3.57. The summed E-state index contributed by atoms with van der Waals surface area (Å²) in [5, 5.41) is 11.4. The second-order valence-electron chi connectivity index (χ2n) is 4.28. The number of carboxylic acid groups (broad SMARTS) is 1. The number of carboxylic acids is 1. The Morgan fingerprint density at radius 3 is 2.94 bits per heavy atom. The van der Waals surface area contributed by atoms with Crippen LogP contribution < -0.4 is 5.32 Å². The van der Waals surface area contributed by atoms with Crippen LogP contribution in [0, 0.1) is 5.92 Å². The Hall–Kier alpha value is -1.95. The molecule has 2 atom stereocenters. The number of hydrogen-bond acceptors (Lipinski definition) is 4. The van der Waals surface area contributed by atoms with Crippen molar-refractivity contribution in [3.05, 3.63) is 24.0 Å². The SMILES string of the molecule is CC1CCOC1C(=O)Nc1ccnc(C(=O)O)c1. The van der Waals surface area contributed by atoms with Crippen LogP contribution in [0.15, 0.2) is 18.3 Å². The maximum Gasteiger partial charge on any atom is 0.354 e. The lowest BCUT2D eigenvalue weighted by Crippen LogP contribution is -2.31. The van der Waals surface area contributed by atoms with Crippen molar-refractivity contribution in [2.45, 2.75) is 19.4 Å². The van der Waals surface area contributed by atoms with Crippen molar-refractivity contribution in [1.29, 1.82) is 0 Å². The Bertz CT molecular complexity index is 475. The lowest BCUT2D eigenvalue weighted by Gasteiger charge is -2.14. The van der Waals surface area contributed by atoms with Gasteiger partial charge >= 0.3 is 5.97 Å². The zero-order valence-electron chi connectivity index (χ0n) is 9.92. The van der Waals surface area contributed by atoms with Gasteiger partial charge in [-0.2, -0.15) is 0 Å². The molecule has 1 aromatic heterocycles. The summed E-state index contributed by atoms with van der Waals surface area (Å²) in [5.41, 5.74) is 0.309. The lowest BCUT2D eigenvalue weighted by atomic mass is 10.0. The number of amides is 1. The van der Waals surface area contributed by atoms with Crippen LogP contribution in [-0.4, -0.2) is 34.7 Å². The molecule has 2 rings (SSSR count). The quantitative estimate of drug-likeness (QED) is 0.839. The summed E-state index contributed by atoms with van der Waals surface area (Å²) >= 11 is 0. The van der Waals surface area contributed by atoms with Crippen molar-refractivity contribution in [3.63, 3.8) is 0 Å². The first-order chi connectivity index (χ1) is 8.58. The van der Waals surface area contributed by atoms with E-state index >= 15 is 0 Å². The molecule has 0 radical (unpaired) electrons. The van der Waals surface area contributed by atoms with E-state index in [-0.39, 0.29) is 17.5 Å². The fraction of sp³-hybridized carbons (Fsp3) is 0.417. The average molecular weight is 250 g/mol. The Labute approximate surface area is 104 Å². The van der Waals surface area contributed by atoms with Crippen molar-refractivity contribution in [3.8, 4) is 0 Å². The summed E-state index contributed by atoms with van der Waals surface area (Å²) in [7, 11) is 0. The molecule has 0 saturated carbocycles. The molecule has 96 valence electrons.